The Morgan fingerprint density at radius 1 is 1.41 bits per heavy atom. The number of aryl methyl sites for hydroxylation is 1. The highest BCUT2D eigenvalue weighted by Crippen LogP contribution is 2.27. The van der Waals surface area contributed by atoms with E-state index in [1.165, 1.54) is 21.9 Å². The number of carbonyl (C=O) groups is 1. The summed E-state index contributed by atoms with van der Waals surface area (Å²) in [6, 6.07) is 1.65. The molecule has 0 saturated carbocycles. The predicted octanol–water partition coefficient (Wildman–Crippen LogP) is 0.931. The lowest BCUT2D eigenvalue weighted by atomic mass is 10.0. The second-order valence-electron chi connectivity index (χ2n) is 5.82. The molecule has 1 aromatic rings. The van der Waals surface area contributed by atoms with Crippen molar-refractivity contribution in [2.75, 3.05) is 32.5 Å². The van der Waals surface area contributed by atoms with Gasteiger partial charge in [0.1, 0.15) is 0 Å². The molecule has 22 heavy (non-hydrogen) atoms. The lowest BCUT2D eigenvalue weighted by Gasteiger charge is -2.45. The first-order valence-corrected chi connectivity index (χ1v) is 10.0. The first-order valence-electron chi connectivity index (χ1n) is 7.29. The van der Waals surface area contributed by atoms with Gasteiger partial charge < -0.3 is 9.64 Å². The molecule has 1 aromatic heterocycles. The average Bonchev–Trinajstić information content (AvgIpc) is 2.90. The van der Waals surface area contributed by atoms with Crippen LogP contribution in [0.25, 0.3) is 0 Å². The van der Waals surface area contributed by atoms with Crippen LogP contribution in [0.2, 0.25) is 0 Å². The van der Waals surface area contributed by atoms with Gasteiger partial charge in [0.05, 0.1) is 29.9 Å². The Bertz CT molecular complexity index is 670. The first kappa shape index (κ1) is 15.9. The summed E-state index contributed by atoms with van der Waals surface area (Å²) in [5.41, 5.74) is 0.969. The van der Waals surface area contributed by atoms with Gasteiger partial charge in [-0.1, -0.05) is 0 Å². The number of likely N-dealkylation sites (tertiary alicyclic amines) is 1. The number of thiophene rings is 1. The summed E-state index contributed by atoms with van der Waals surface area (Å²) >= 11 is 1.43. The van der Waals surface area contributed by atoms with Crippen LogP contribution in [0, 0.1) is 6.92 Å². The molecule has 0 unspecified atom stereocenters. The second-order valence-corrected chi connectivity index (χ2v) is 8.67. The van der Waals surface area contributed by atoms with Crippen LogP contribution < -0.4 is 0 Å². The van der Waals surface area contributed by atoms with Crippen LogP contribution in [0.4, 0.5) is 0 Å². The molecule has 8 heteroatoms. The molecule has 3 rings (SSSR count). The van der Waals surface area contributed by atoms with Crippen LogP contribution in [0.5, 0.6) is 0 Å². The zero-order chi connectivity index (χ0) is 15.9. The van der Waals surface area contributed by atoms with Crippen molar-refractivity contribution in [1.82, 2.24) is 9.21 Å². The van der Waals surface area contributed by atoms with Gasteiger partial charge in [-0.3, -0.25) is 4.79 Å². The van der Waals surface area contributed by atoms with Gasteiger partial charge in [0.25, 0.3) is 5.91 Å². The summed E-state index contributed by atoms with van der Waals surface area (Å²) in [6.45, 7) is 3.71. The molecule has 0 spiro atoms. The Labute approximate surface area is 134 Å². The van der Waals surface area contributed by atoms with Crippen molar-refractivity contribution in [2.24, 2.45) is 0 Å². The molecule has 0 aromatic carbocycles. The van der Waals surface area contributed by atoms with Crippen LogP contribution in [-0.4, -0.2) is 68.2 Å². The molecular weight excluding hydrogens is 324 g/mol. The van der Waals surface area contributed by atoms with Crippen LogP contribution >= 0.6 is 11.3 Å². The number of amides is 1. The number of carbonyl (C=O) groups excluding carboxylic acids is 1. The van der Waals surface area contributed by atoms with Crippen molar-refractivity contribution >= 4 is 27.3 Å². The molecule has 0 aliphatic carbocycles. The van der Waals surface area contributed by atoms with Crippen LogP contribution in [0.3, 0.4) is 0 Å². The Hall–Kier alpha value is -0.960. The van der Waals surface area contributed by atoms with Crippen molar-refractivity contribution in [3.05, 3.63) is 21.9 Å². The minimum Gasteiger partial charge on any atom is -0.375 e. The van der Waals surface area contributed by atoms with E-state index in [0.717, 1.165) is 10.4 Å². The minimum atomic E-state index is -3.29. The lowest BCUT2D eigenvalue weighted by molar-refractivity contribution is -0.0704. The quantitative estimate of drug-likeness (QED) is 0.800. The van der Waals surface area contributed by atoms with Gasteiger partial charge in [0.2, 0.25) is 10.0 Å². The number of ether oxygens (including phenoxy) is 1. The first-order chi connectivity index (χ1) is 10.4. The zero-order valence-corrected chi connectivity index (χ0v) is 14.3. The third-order valence-corrected chi connectivity index (χ3v) is 6.61. The third kappa shape index (κ3) is 2.92. The molecule has 122 valence electrons. The number of nitrogens with zero attached hydrogens (tertiary/aromatic N) is 2. The standard InChI is InChI=1S/C14H20N2O4S2/c1-10-4-8-21-13(10)14(17)15-5-3-12-11(9-15)16(6-7-20-12)22(2,18)19/h4,8,11-12H,3,5-7,9H2,1-2H3/t11-,12-/m0/s1. The maximum Gasteiger partial charge on any atom is 0.264 e. The molecule has 2 aliphatic heterocycles. The molecule has 0 radical (unpaired) electrons. The fraction of sp³-hybridized carbons (Fsp3) is 0.643. The molecule has 3 heterocycles. The number of piperidine rings is 1. The summed E-state index contributed by atoms with van der Waals surface area (Å²) in [5, 5.41) is 1.90. The minimum absolute atomic E-state index is 0.00928. The highest BCUT2D eigenvalue weighted by molar-refractivity contribution is 7.88. The molecule has 0 N–H and O–H groups in total. The van der Waals surface area contributed by atoms with E-state index < -0.39 is 10.0 Å². The SMILES string of the molecule is Cc1ccsc1C(=O)N1CC[C@@H]2OCCN(S(C)(=O)=O)[C@H]2C1. The number of fused-ring (bicyclic) bond motifs is 1. The molecule has 6 nitrogen and oxygen atoms in total. The Morgan fingerprint density at radius 3 is 2.82 bits per heavy atom. The molecule has 2 saturated heterocycles. The maximum absolute atomic E-state index is 12.6. The van der Waals surface area contributed by atoms with Crippen molar-refractivity contribution in [1.29, 1.82) is 0 Å². The van der Waals surface area contributed by atoms with E-state index in [1.54, 1.807) is 4.90 Å². The van der Waals surface area contributed by atoms with Gasteiger partial charge in [0, 0.05) is 19.6 Å². The van der Waals surface area contributed by atoms with Gasteiger partial charge in [-0.25, -0.2) is 8.42 Å². The smallest absolute Gasteiger partial charge is 0.264 e. The van der Waals surface area contributed by atoms with Gasteiger partial charge >= 0.3 is 0 Å². The summed E-state index contributed by atoms with van der Waals surface area (Å²) < 4.78 is 31.1. The Kier molecular flexibility index (Phi) is 4.28. The zero-order valence-electron chi connectivity index (χ0n) is 12.7. The summed E-state index contributed by atoms with van der Waals surface area (Å²) in [5.74, 6) is -0.00928. The number of morpholine rings is 1. The number of hydrogen-bond acceptors (Lipinski definition) is 5. The van der Waals surface area contributed by atoms with Crippen LogP contribution in [0.1, 0.15) is 21.7 Å². The fourth-order valence-corrected chi connectivity index (χ4v) is 5.17. The average molecular weight is 344 g/mol. The molecule has 2 aliphatic rings. The van der Waals surface area contributed by atoms with Gasteiger partial charge in [0.15, 0.2) is 0 Å². The van der Waals surface area contributed by atoms with E-state index in [1.807, 2.05) is 18.4 Å². The largest absolute Gasteiger partial charge is 0.375 e. The Morgan fingerprint density at radius 2 is 2.18 bits per heavy atom. The number of sulfonamides is 1. The van der Waals surface area contributed by atoms with Crippen LogP contribution in [0.15, 0.2) is 11.4 Å². The number of rotatable bonds is 2. The molecule has 2 fully saturated rings. The molecule has 0 bridgehead atoms. The van der Waals surface area contributed by atoms with E-state index in [-0.39, 0.29) is 18.1 Å². The van der Waals surface area contributed by atoms with Crippen molar-refractivity contribution in [2.45, 2.75) is 25.5 Å². The van der Waals surface area contributed by atoms with Crippen molar-refractivity contribution in [3.8, 4) is 0 Å². The fourth-order valence-electron chi connectivity index (χ4n) is 3.17. The second kappa shape index (κ2) is 5.92. The highest BCUT2D eigenvalue weighted by Gasteiger charge is 2.42. The molecular formula is C14H20N2O4S2. The van der Waals surface area contributed by atoms with Gasteiger partial charge in [-0.2, -0.15) is 4.31 Å². The van der Waals surface area contributed by atoms with Crippen molar-refractivity contribution < 1.29 is 17.9 Å². The monoisotopic (exact) mass is 344 g/mol. The van der Waals surface area contributed by atoms with E-state index in [4.69, 9.17) is 4.74 Å². The van der Waals surface area contributed by atoms with E-state index >= 15 is 0 Å². The highest BCUT2D eigenvalue weighted by atomic mass is 32.2. The van der Waals surface area contributed by atoms with E-state index in [2.05, 4.69) is 0 Å². The normalized spacial score (nSPS) is 26.7. The molecule has 2 atom stereocenters. The topological polar surface area (TPSA) is 66.9 Å². The third-order valence-electron chi connectivity index (χ3n) is 4.30. The maximum atomic E-state index is 12.6. The van der Waals surface area contributed by atoms with Gasteiger partial charge in [-0.15, -0.1) is 11.3 Å². The summed E-state index contributed by atoms with van der Waals surface area (Å²) in [6.07, 6.45) is 1.78. The predicted molar refractivity (Wildman–Crippen MR) is 84.7 cm³/mol. The van der Waals surface area contributed by atoms with Crippen LogP contribution in [-0.2, 0) is 14.8 Å². The van der Waals surface area contributed by atoms with Crippen molar-refractivity contribution in [3.63, 3.8) is 0 Å². The lowest BCUT2D eigenvalue weighted by Crippen LogP contribution is -2.61. The Balaban J connectivity index is 1.80. The number of hydrogen-bond donors (Lipinski definition) is 0. The molecule has 1 amide bonds. The summed E-state index contributed by atoms with van der Waals surface area (Å²) in [7, 11) is -3.29. The van der Waals surface area contributed by atoms with Gasteiger partial charge in [-0.05, 0) is 30.4 Å². The van der Waals surface area contributed by atoms with E-state index in [0.29, 0.717) is 32.7 Å². The summed E-state index contributed by atoms with van der Waals surface area (Å²) in [4.78, 5) is 15.1. The van der Waals surface area contributed by atoms with E-state index in [9.17, 15) is 13.2 Å².